The van der Waals surface area contributed by atoms with Crippen molar-refractivity contribution in [2.75, 3.05) is 0 Å². The molecule has 0 aromatic rings. The summed E-state index contributed by atoms with van der Waals surface area (Å²) in [5, 5.41) is 13.8. The molecule has 0 aromatic carbocycles. The summed E-state index contributed by atoms with van der Waals surface area (Å²) in [6.45, 7) is 0.472. The van der Waals surface area contributed by atoms with E-state index in [2.05, 4.69) is 5.32 Å². The fourth-order valence-electron chi connectivity index (χ4n) is 3.18. The number of alkyl halides is 3. The number of hydrogen-bond acceptors (Lipinski definition) is 3. The molecule has 120 valence electrons. The van der Waals surface area contributed by atoms with Crippen molar-refractivity contribution >= 4 is 11.9 Å². The number of carbonyl (C=O) groups excluding carboxylic acids is 1. The summed E-state index contributed by atoms with van der Waals surface area (Å²) in [5.41, 5.74) is -3.24. The van der Waals surface area contributed by atoms with E-state index in [0.29, 0.717) is 19.0 Å². The molecule has 0 spiro atoms. The zero-order valence-corrected chi connectivity index (χ0v) is 11.7. The van der Waals surface area contributed by atoms with Crippen molar-refractivity contribution in [3.63, 3.8) is 0 Å². The molecule has 2 bridgehead atoms. The summed E-state index contributed by atoms with van der Waals surface area (Å²) in [6, 6.07) is 0.657. The lowest BCUT2D eigenvalue weighted by molar-refractivity contribution is -0.207. The van der Waals surface area contributed by atoms with Gasteiger partial charge in [0, 0.05) is 18.5 Å². The number of nitrogens with one attached hydrogen (secondary N) is 2. The van der Waals surface area contributed by atoms with E-state index in [4.69, 9.17) is 5.11 Å². The Morgan fingerprint density at radius 1 is 1.24 bits per heavy atom. The van der Waals surface area contributed by atoms with Crippen molar-refractivity contribution < 1.29 is 27.9 Å². The summed E-state index contributed by atoms with van der Waals surface area (Å²) in [6.07, 6.45) is -1.55. The van der Waals surface area contributed by atoms with Crippen LogP contribution in [0.5, 0.6) is 0 Å². The lowest BCUT2D eigenvalue weighted by atomic mass is 9.89. The van der Waals surface area contributed by atoms with Crippen LogP contribution in [0.4, 0.5) is 13.2 Å². The molecular weight excluding hydrogens is 289 g/mol. The molecule has 0 aliphatic carbocycles. The van der Waals surface area contributed by atoms with Crippen LogP contribution in [-0.4, -0.2) is 40.8 Å². The summed E-state index contributed by atoms with van der Waals surface area (Å²) in [5.74, 6) is -2.95. The van der Waals surface area contributed by atoms with Crippen LogP contribution in [0.1, 0.15) is 39.0 Å². The Morgan fingerprint density at radius 2 is 1.76 bits per heavy atom. The fraction of sp³-hybridized carbons (Fsp3) is 0.846. The molecule has 5 nitrogen and oxygen atoms in total. The molecule has 3 N–H and O–H groups in total. The third kappa shape index (κ3) is 3.30. The van der Waals surface area contributed by atoms with E-state index in [1.807, 2.05) is 0 Å². The normalized spacial score (nSPS) is 31.5. The van der Waals surface area contributed by atoms with E-state index in [-0.39, 0.29) is 12.3 Å². The van der Waals surface area contributed by atoms with Gasteiger partial charge in [-0.1, -0.05) is 0 Å². The second kappa shape index (κ2) is 5.47. The Labute approximate surface area is 120 Å². The lowest BCUT2D eigenvalue weighted by Crippen LogP contribution is -2.62. The van der Waals surface area contributed by atoms with Crippen molar-refractivity contribution in [3.05, 3.63) is 0 Å². The second-order valence-corrected chi connectivity index (χ2v) is 6.16. The molecule has 0 radical (unpaired) electrons. The standard InChI is InChI=1S/C13H19F3N2O3/c1-12(11(20)21,13(14,15)16)18-10(19)6-7-4-8-2-3-9(5-7)17-8/h7-9,17H,2-6H2,1H3,(H,18,19)(H,20,21). The minimum Gasteiger partial charge on any atom is -0.479 e. The number of carboxylic acid groups (broad SMARTS) is 1. The molecule has 2 fully saturated rings. The van der Waals surface area contributed by atoms with Gasteiger partial charge in [-0.2, -0.15) is 13.2 Å². The van der Waals surface area contributed by atoms with E-state index in [9.17, 15) is 22.8 Å². The minimum absolute atomic E-state index is 0.00929. The van der Waals surface area contributed by atoms with Gasteiger partial charge in [0.05, 0.1) is 0 Å². The van der Waals surface area contributed by atoms with Crippen molar-refractivity contribution in [1.29, 1.82) is 0 Å². The van der Waals surface area contributed by atoms with Crippen LogP contribution in [0.2, 0.25) is 0 Å². The van der Waals surface area contributed by atoms with Crippen LogP contribution >= 0.6 is 0 Å². The topological polar surface area (TPSA) is 78.4 Å². The first kappa shape index (κ1) is 16.1. The van der Waals surface area contributed by atoms with Crippen LogP contribution in [0.3, 0.4) is 0 Å². The SMILES string of the molecule is CC(NC(=O)CC1CC2CCC(C1)N2)(C(=O)O)C(F)(F)F. The van der Waals surface area contributed by atoms with Crippen LogP contribution < -0.4 is 10.6 Å². The number of amides is 1. The maximum Gasteiger partial charge on any atom is 0.422 e. The van der Waals surface area contributed by atoms with Gasteiger partial charge in [-0.15, -0.1) is 0 Å². The third-order valence-electron chi connectivity index (χ3n) is 4.43. The van der Waals surface area contributed by atoms with Gasteiger partial charge in [-0.3, -0.25) is 4.79 Å². The smallest absolute Gasteiger partial charge is 0.422 e. The van der Waals surface area contributed by atoms with Crippen LogP contribution in [0.15, 0.2) is 0 Å². The van der Waals surface area contributed by atoms with Gasteiger partial charge in [-0.25, -0.2) is 4.79 Å². The number of piperidine rings is 1. The predicted molar refractivity (Wildman–Crippen MR) is 67.5 cm³/mol. The highest BCUT2D eigenvalue weighted by Gasteiger charge is 2.58. The van der Waals surface area contributed by atoms with Gasteiger partial charge in [-0.05, 0) is 38.5 Å². The highest BCUT2D eigenvalue weighted by atomic mass is 19.4. The molecule has 3 atom stereocenters. The van der Waals surface area contributed by atoms with E-state index in [1.54, 1.807) is 5.32 Å². The molecule has 0 aromatic heterocycles. The van der Waals surface area contributed by atoms with Gasteiger partial charge in [0.2, 0.25) is 11.4 Å². The average molecular weight is 308 g/mol. The lowest BCUT2D eigenvalue weighted by Gasteiger charge is -2.31. The van der Waals surface area contributed by atoms with Gasteiger partial charge in [0.1, 0.15) is 0 Å². The average Bonchev–Trinajstić information content (AvgIpc) is 2.66. The third-order valence-corrected chi connectivity index (χ3v) is 4.43. The Morgan fingerprint density at radius 3 is 2.19 bits per heavy atom. The molecule has 2 rings (SSSR count). The van der Waals surface area contributed by atoms with E-state index < -0.39 is 23.6 Å². The highest BCUT2D eigenvalue weighted by Crippen LogP contribution is 2.34. The van der Waals surface area contributed by atoms with Crippen molar-refractivity contribution in [2.45, 2.75) is 62.8 Å². The van der Waals surface area contributed by atoms with Crippen LogP contribution in [0.25, 0.3) is 0 Å². The Hall–Kier alpha value is -1.31. The van der Waals surface area contributed by atoms with Crippen LogP contribution in [0, 0.1) is 5.92 Å². The number of hydrogen-bond donors (Lipinski definition) is 3. The molecule has 2 aliphatic heterocycles. The first-order valence-electron chi connectivity index (χ1n) is 6.99. The first-order valence-corrected chi connectivity index (χ1v) is 6.99. The van der Waals surface area contributed by atoms with Gasteiger partial charge >= 0.3 is 12.1 Å². The quantitative estimate of drug-likeness (QED) is 0.734. The van der Waals surface area contributed by atoms with E-state index in [0.717, 1.165) is 25.7 Å². The largest absolute Gasteiger partial charge is 0.479 e. The molecule has 2 heterocycles. The zero-order chi connectivity index (χ0) is 15.8. The molecule has 3 unspecified atom stereocenters. The Kier molecular flexibility index (Phi) is 4.19. The summed E-state index contributed by atoms with van der Waals surface area (Å²) in [4.78, 5) is 22.7. The number of rotatable bonds is 4. The number of aliphatic carboxylic acids is 1. The Balaban J connectivity index is 1.96. The van der Waals surface area contributed by atoms with Gasteiger partial charge in [0.25, 0.3) is 0 Å². The van der Waals surface area contributed by atoms with Gasteiger partial charge in [0.15, 0.2) is 0 Å². The molecular formula is C13H19F3N2O3. The predicted octanol–water partition coefficient (Wildman–Crippen LogP) is 1.43. The number of halogens is 3. The summed E-state index contributed by atoms with van der Waals surface area (Å²) < 4.78 is 38.5. The first-order chi connectivity index (χ1) is 9.62. The molecule has 1 amide bonds. The molecule has 8 heteroatoms. The maximum atomic E-state index is 12.8. The number of carboxylic acids is 1. The second-order valence-electron chi connectivity index (χ2n) is 6.16. The zero-order valence-electron chi connectivity index (χ0n) is 11.7. The van der Waals surface area contributed by atoms with Crippen molar-refractivity contribution in [3.8, 4) is 0 Å². The van der Waals surface area contributed by atoms with E-state index in [1.165, 1.54) is 0 Å². The minimum atomic E-state index is -5.04. The monoisotopic (exact) mass is 308 g/mol. The molecule has 21 heavy (non-hydrogen) atoms. The molecule has 0 saturated carbocycles. The Bertz CT molecular complexity index is 429. The summed E-state index contributed by atoms with van der Waals surface area (Å²) >= 11 is 0. The number of carbonyl (C=O) groups is 2. The highest BCUT2D eigenvalue weighted by molar-refractivity contribution is 5.87. The van der Waals surface area contributed by atoms with Crippen molar-refractivity contribution in [1.82, 2.24) is 10.6 Å². The van der Waals surface area contributed by atoms with Crippen molar-refractivity contribution in [2.24, 2.45) is 5.92 Å². The fourth-order valence-corrected chi connectivity index (χ4v) is 3.18. The molecule has 2 aliphatic rings. The number of fused-ring (bicyclic) bond motifs is 2. The maximum absolute atomic E-state index is 12.8. The van der Waals surface area contributed by atoms with Gasteiger partial charge < -0.3 is 15.7 Å². The van der Waals surface area contributed by atoms with Crippen LogP contribution in [-0.2, 0) is 9.59 Å². The summed E-state index contributed by atoms with van der Waals surface area (Å²) in [7, 11) is 0. The molecule has 2 saturated heterocycles. The van der Waals surface area contributed by atoms with E-state index >= 15 is 0 Å².